The van der Waals surface area contributed by atoms with Gasteiger partial charge in [-0.3, -0.25) is 4.79 Å². The smallest absolute Gasteiger partial charge is 0.293 e. The van der Waals surface area contributed by atoms with E-state index in [1.165, 1.54) is 0 Å². The molecule has 0 amide bonds. The molecule has 0 N–H and O–H groups in total. The van der Waals surface area contributed by atoms with Crippen LogP contribution in [0.1, 0.15) is 17.0 Å². The van der Waals surface area contributed by atoms with E-state index in [0.29, 0.717) is 13.1 Å². The van der Waals surface area contributed by atoms with Crippen molar-refractivity contribution in [2.75, 3.05) is 0 Å². The second-order valence-corrected chi connectivity index (χ2v) is 3.45. The van der Waals surface area contributed by atoms with E-state index in [4.69, 9.17) is 0 Å². The molecule has 2 rings (SSSR count). The Labute approximate surface area is 87.5 Å². The van der Waals surface area contributed by atoms with Crippen molar-refractivity contribution in [3.8, 4) is 0 Å². The van der Waals surface area contributed by atoms with Gasteiger partial charge in [-0.2, -0.15) is 0 Å². The van der Waals surface area contributed by atoms with E-state index in [2.05, 4.69) is 9.72 Å². The number of hydrogen-bond donors (Lipinski definition) is 0. The molecule has 4 nitrogen and oxygen atoms in total. The third-order valence-electron chi connectivity index (χ3n) is 2.48. The average molecular weight is 204 g/mol. The van der Waals surface area contributed by atoms with Crippen molar-refractivity contribution in [3.05, 3.63) is 35.3 Å². The van der Waals surface area contributed by atoms with Crippen molar-refractivity contribution >= 4 is 12.1 Å². The van der Waals surface area contributed by atoms with Gasteiger partial charge in [-0.05, 0) is 31.5 Å². The van der Waals surface area contributed by atoms with Crippen molar-refractivity contribution in [2.24, 2.45) is 0 Å². The predicted octanol–water partition coefficient (Wildman–Crippen LogP) is 1.62. The van der Waals surface area contributed by atoms with Crippen LogP contribution in [-0.4, -0.2) is 15.9 Å². The van der Waals surface area contributed by atoms with Crippen molar-refractivity contribution < 1.29 is 9.53 Å². The predicted molar refractivity (Wildman–Crippen MR) is 55.5 cm³/mol. The summed E-state index contributed by atoms with van der Waals surface area (Å²) in [6.45, 7) is 4.75. The molecule has 0 aliphatic rings. The van der Waals surface area contributed by atoms with Gasteiger partial charge < -0.3 is 9.14 Å². The topological polar surface area (TPSA) is 43.6 Å². The number of carbonyl (C=O) groups excluding carboxylic acids is 1. The Hall–Kier alpha value is -1.84. The number of fused-ring (bicyclic) bond motifs is 1. The molecule has 2 aromatic heterocycles. The van der Waals surface area contributed by atoms with Crippen LogP contribution in [0.4, 0.5) is 0 Å². The van der Waals surface area contributed by atoms with Crippen LogP contribution < -0.4 is 0 Å². The Morgan fingerprint density at radius 3 is 3.07 bits per heavy atom. The highest BCUT2D eigenvalue weighted by Gasteiger charge is 2.04. The molecule has 0 aliphatic heterocycles. The van der Waals surface area contributed by atoms with Crippen molar-refractivity contribution in [1.82, 2.24) is 9.38 Å². The zero-order valence-corrected chi connectivity index (χ0v) is 8.73. The molecule has 15 heavy (non-hydrogen) atoms. The number of aryl methyl sites for hydroxylation is 2. The van der Waals surface area contributed by atoms with Crippen LogP contribution in [0.3, 0.4) is 0 Å². The first kappa shape index (κ1) is 9.71. The Kier molecular flexibility index (Phi) is 2.41. The van der Waals surface area contributed by atoms with Gasteiger partial charge in [0.2, 0.25) is 0 Å². The lowest BCUT2D eigenvalue weighted by atomic mass is 10.3. The standard InChI is InChI=1S/C11H12N2O2/c1-8-9(2)13-4-3-10(6-15-7-14)5-11(13)12-8/h3-5,7H,6H2,1-2H3. The van der Waals surface area contributed by atoms with Gasteiger partial charge in [0.15, 0.2) is 0 Å². The fourth-order valence-corrected chi connectivity index (χ4v) is 1.55. The van der Waals surface area contributed by atoms with Gasteiger partial charge in [-0.1, -0.05) is 0 Å². The number of nitrogens with zero attached hydrogens (tertiary/aromatic N) is 2. The zero-order valence-electron chi connectivity index (χ0n) is 8.73. The Balaban J connectivity index is 2.43. The molecule has 0 saturated heterocycles. The van der Waals surface area contributed by atoms with Crippen molar-refractivity contribution in [3.63, 3.8) is 0 Å². The van der Waals surface area contributed by atoms with Gasteiger partial charge in [0.05, 0.1) is 5.69 Å². The lowest BCUT2D eigenvalue weighted by molar-refractivity contribution is -0.129. The third-order valence-corrected chi connectivity index (χ3v) is 2.48. The van der Waals surface area contributed by atoms with Crippen LogP contribution in [0.25, 0.3) is 5.65 Å². The highest BCUT2D eigenvalue weighted by atomic mass is 16.5. The molecule has 78 valence electrons. The number of aromatic nitrogens is 2. The number of rotatable bonds is 3. The summed E-state index contributed by atoms with van der Waals surface area (Å²) in [5.41, 5.74) is 3.98. The molecule has 2 heterocycles. The molecule has 2 aromatic rings. The maximum Gasteiger partial charge on any atom is 0.293 e. The Morgan fingerprint density at radius 1 is 1.53 bits per heavy atom. The van der Waals surface area contributed by atoms with Crippen molar-refractivity contribution in [1.29, 1.82) is 0 Å². The quantitative estimate of drug-likeness (QED) is 0.713. The summed E-state index contributed by atoms with van der Waals surface area (Å²) >= 11 is 0. The monoisotopic (exact) mass is 204 g/mol. The van der Waals surface area contributed by atoms with Crippen molar-refractivity contribution in [2.45, 2.75) is 20.5 Å². The lowest BCUT2D eigenvalue weighted by Crippen LogP contribution is -1.93. The van der Waals surface area contributed by atoms with E-state index in [1.54, 1.807) is 0 Å². The van der Waals surface area contributed by atoms with E-state index in [9.17, 15) is 4.79 Å². The first-order valence-electron chi connectivity index (χ1n) is 4.72. The second-order valence-electron chi connectivity index (χ2n) is 3.45. The molecule has 0 saturated carbocycles. The zero-order chi connectivity index (χ0) is 10.8. The van der Waals surface area contributed by atoms with E-state index in [-0.39, 0.29) is 0 Å². The van der Waals surface area contributed by atoms with E-state index >= 15 is 0 Å². The lowest BCUT2D eigenvalue weighted by Gasteiger charge is -2.01. The minimum atomic E-state index is 0.297. The van der Waals surface area contributed by atoms with Crippen LogP contribution in [-0.2, 0) is 16.1 Å². The molecular formula is C11H12N2O2. The highest BCUT2D eigenvalue weighted by molar-refractivity contribution is 5.45. The van der Waals surface area contributed by atoms with E-state index < -0.39 is 0 Å². The number of ether oxygens (including phenoxy) is 1. The highest BCUT2D eigenvalue weighted by Crippen LogP contribution is 2.12. The number of hydrogen-bond acceptors (Lipinski definition) is 3. The Morgan fingerprint density at radius 2 is 2.33 bits per heavy atom. The molecule has 0 fully saturated rings. The summed E-state index contributed by atoms with van der Waals surface area (Å²) in [6.07, 6.45) is 1.94. The second kappa shape index (κ2) is 3.73. The SMILES string of the molecule is Cc1nc2cc(COC=O)ccn2c1C. The largest absolute Gasteiger partial charge is 0.463 e. The molecule has 0 aliphatic carbocycles. The third kappa shape index (κ3) is 1.70. The van der Waals surface area contributed by atoms with Crippen LogP contribution >= 0.6 is 0 Å². The molecule has 0 bridgehead atoms. The molecular weight excluding hydrogens is 192 g/mol. The van der Waals surface area contributed by atoms with Crippen LogP contribution in [0.5, 0.6) is 0 Å². The van der Waals surface area contributed by atoms with Crippen LogP contribution in [0.15, 0.2) is 18.3 Å². The van der Waals surface area contributed by atoms with Gasteiger partial charge >= 0.3 is 0 Å². The fourth-order valence-electron chi connectivity index (χ4n) is 1.55. The van der Waals surface area contributed by atoms with Gasteiger partial charge in [-0.15, -0.1) is 0 Å². The summed E-state index contributed by atoms with van der Waals surface area (Å²) in [4.78, 5) is 14.5. The fraction of sp³-hybridized carbons (Fsp3) is 0.273. The van der Waals surface area contributed by atoms with Crippen LogP contribution in [0, 0.1) is 13.8 Å². The van der Waals surface area contributed by atoms with E-state index in [1.807, 2.05) is 36.6 Å². The van der Waals surface area contributed by atoms with Gasteiger partial charge in [0, 0.05) is 11.9 Å². The molecule has 4 heteroatoms. The van der Waals surface area contributed by atoms with Gasteiger partial charge in [0.25, 0.3) is 6.47 Å². The molecule has 0 spiro atoms. The molecule has 0 aromatic carbocycles. The van der Waals surface area contributed by atoms with E-state index in [0.717, 1.165) is 22.6 Å². The molecule has 0 atom stereocenters. The van der Waals surface area contributed by atoms with Gasteiger partial charge in [-0.25, -0.2) is 4.98 Å². The number of carbonyl (C=O) groups is 1. The minimum Gasteiger partial charge on any atom is -0.463 e. The summed E-state index contributed by atoms with van der Waals surface area (Å²) in [6, 6.07) is 3.84. The average Bonchev–Trinajstić information content (AvgIpc) is 2.52. The summed E-state index contributed by atoms with van der Waals surface area (Å²) in [5, 5.41) is 0. The normalized spacial score (nSPS) is 10.5. The summed E-state index contributed by atoms with van der Waals surface area (Å²) in [7, 11) is 0. The summed E-state index contributed by atoms with van der Waals surface area (Å²) < 4.78 is 6.70. The van der Waals surface area contributed by atoms with Crippen LogP contribution in [0.2, 0.25) is 0 Å². The number of imidazole rings is 1. The maximum atomic E-state index is 10.1. The Bertz CT molecular complexity index is 503. The number of pyridine rings is 1. The first-order valence-corrected chi connectivity index (χ1v) is 4.72. The first-order chi connectivity index (χ1) is 7.22. The van der Waals surface area contributed by atoms with Gasteiger partial charge in [0.1, 0.15) is 12.3 Å². The maximum absolute atomic E-state index is 10.1. The minimum absolute atomic E-state index is 0.297. The molecule has 0 radical (unpaired) electrons. The summed E-state index contributed by atoms with van der Waals surface area (Å²) in [5.74, 6) is 0. The molecule has 0 unspecified atom stereocenters.